The first-order chi connectivity index (χ1) is 11.5. The Balaban J connectivity index is 2.18. The molecule has 0 atom stereocenters. The van der Waals surface area contributed by atoms with Crippen LogP contribution in [0, 0.1) is 6.92 Å². The van der Waals surface area contributed by atoms with Crippen molar-refractivity contribution in [1.29, 1.82) is 0 Å². The number of aromatic nitrogens is 2. The molecule has 3 rings (SSSR count). The Bertz CT molecular complexity index is 840. The summed E-state index contributed by atoms with van der Waals surface area (Å²) in [4.78, 5) is 13.2. The average molecular weight is 341 g/mol. The molecule has 0 saturated heterocycles. The van der Waals surface area contributed by atoms with Crippen molar-refractivity contribution >= 4 is 27.4 Å². The number of nitrogens with zero attached hydrogens (tertiary/aromatic N) is 3. The minimum atomic E-state index is 0.101. The second kappa shape index (κ2) is 6.87. The number of aliphatic hydroxyl groups excluding tert-OH is 1. The van der Waals surface area contributed by atoms with Gasteiger partial charge in [0.2, 0.25) is 0 Å². The van der Waals surface area contributed by atoms with E-state index in [1.165, 1.54) is 21.6 Å². The van der Waals surface area contributed by atoms with E-state index in [2.05, 4.69) is 55.0 Å². The number of aryl methyl sites for hydroxylation is 1. The number of hydrogen-bond donors (Lipinski definition) is 1. The van der Waals surface area contributed by atoms with Gasteiger partial charge in [-0.2, -0.15) is 0 Å². The van der Waals surface area contributed by atoms with Crippen molar-refractivity contribution in [3.05, 3.63) is 41.0 Å². The van der Waals surface area contributed by atoms with Gasteiger partial charge in [-0.3, -0.25) is 0 Å². The van der Waals surface area contributed by atoms with Crippen LogP contribution in [-0.2, 0) is 0 Å². The first-order valence-corrected chi connectivity index (χ1v) is 9.01. The normalized spacial score (nSPS) is 11.4. The summed E-state index contributed by atoms with van der Waals surface area (Å²) >= 11 is 1.69. The zero-order valence-corrected chi connectivity index (χ0v) is 15.4. The second-order valence-electron chi connectivity index (χ2n) is 6.33. The number of likely N-dealkylation sites (N-methyl/N-ethyl adjacent to an activating group) is 1. The van der Waals surface area contributed by atoms with E-state index in [4.69, 9.17) is 0 Å². The quantitative estimate of drug-likeness (QED) is 0.755. The van der Waals surface area contributed by atoms with E-state index in [-0.39, 0.29) is 6.61 Å². The van der Waals surface area contributed by atoms with Gasteiger partial charge in [0.05, 0.1) is 12.0 Å². The van der Waals surface area contributed by atoms with Crippen molar-refractivity contribution in [2.45, 2.75) is 26.7 Å². The molecule has 4 nitrogen and oxygen atoms in total. The van der Waals surface area contributed by atoms with Crippen LogP contribution in [0.15, 0.2) is 30.6 Å². The van der Waals surface area contributed by atoms with Gasteiger partial charge >= 0.3 is 0 Å². The lowest BCUT2D eigenvalue weighted by Crippen LogP contribution is -2.22. The van der Waals surface area contributed by atoms with Crippen LogP contribution >= 0.6 is 11.3 Å². The fourth-order valence-electron chi connectivity index (χ4n) is 2.96. The molecule has 0 amide bonds. The number of fused-ring (bicyclic) bond motifs is 1. The molecule has 24 heavy (non-hydrogen) atoms. The maximum absolute atomic E-state index is 9.26. The molecule has 126 valence electrons. The smallest absolute Gasteiger partial charge is 0.141 e. The summed E-state index contributed by atoms with van der Waals surface area (Å²) in [6.07, 6.45) is 1.60. The number of thiophene rings is 1. The van der Waals surface area contributed by atoms with Crippen LogP contribution in [0.5, 0.6) is 0 Å². The summed E-state index contributed by atoms with van der Waals surface area (Å²) in [6, 6.07) is 8.77. The number of benzene rings is 1. The number of anilines is 1. The molecule has 0 bridgehead atoms. The highest BCUT2D eigenvalue weighted by atomic mass is 32.1. The summed E-state index contributed by atoms with van der Waals surface area (Å²) in [6.45, 7) is 7.19. The van der Waals surface area contributed by atoms with E-state index in [9.17, 15) is 5.11 Å². The highest BCUT2D eigenvalue weighted by Crippen LogP contribution is 2.41. The van der Waals surface area contributed by atoms with Crippen molar-refractivity contribution in [3.8, 4) is 11.1 Å². The summed E-state index contributed by atoms with van der Waals surface area (Å²) in [5.74, 6) is 1.40. The maximum atomic E-state index is 9.26. The fraction of sp³-hybridized carbons (Fsp3) is 0.368. The van der Waals surface area contributed by atoms with Crippen molar-refractivity contribution in [3.63, 3.8) is 0 Å². The van der Waals surface area contributed by atoms with Gasteiger partial charge in [0.1, 0.15) is 17.0 Å². The third-order valence-electron chi connectivity index (χ3n) is 4.31. The molecule has 1 aromatic carbocycles. The molecule has 0 aliphatic rings. The number of aliphatic hydroxyl groups is 1. The Morgan fingerprint density at radius 3 is 2.50 bits per heavy atom. The summed E-state index contributed by atoms with van der Waals surface area (Å²) in [7, 11) is 1.95. The van der Waals surface area contributed by atoms with Gasteiger partial charge in [-0.1, -0.05) is 38.1 Å². The Hall–Kier alpha value is -1.98. The van der Waals surface area contributed by atoms with Crippen molar-refractivity contribution < 1.29 is 5.11 Å². The molecule has 1 N–H and O–H groups in total. The second-order valence-corrected chi connectivity index (χ2v) is 7.54. The van der Waals surface area contributed by atoms with E-state index in [1.807, 2.05) is 11.9 Å². The van der Waals surface area contributed by atoms with Crippen LogP contribution in [0.1, 0.15) is 30.2 Å². The van der Waals surface area contributed by atoms with Gasteiger partial charge in [-0.25, -0.2) is 9.97 Å². The Labute approximate surface area is 146 Å². The van der Waals surface area contributed by atoms with Crippen molar-refractivity contribution in [2.24, 2.45) is 0 Å². The zero-order valence-electron chi connectivity index (χ0n) is 14.6. The van der Waals surface area contributed by atoms with E-state index < -0.39 is 0 Å². The third-order valence-corrected chi connectivity index (χ3v) is 5.32. The van der Waals surface area contributed by atoms with Crippen molar-refractivity contribution in [1.82, 2.24) is 9.97 Å². The van der Waals surface area contributed by atoms with Gasteiger partial charge < -0.3 is 10.0 Å². The lowest BCUT2D eigenvalue weighted by molar-refractivity contribution is 0.304. The lowest BCUT2D eigenvalue weighted by Gasteiger charge is -2.18. The largest absolute Gasteiger partial charge is 0.395 e. The molecule has 2 heterocycles. The zero-order chi connectivity index (χ0) is 17.3. The summed E-state index contributed by atoms with van der Waals surface area (Å²) < 4.78 is 0. The minimum absolute atomic E-state index is 0.101. The average Bonchev–Trinajstić information content (AvgIpc) is 2.90. The topological polar surface area (TPSA) is 49.2 Å². The fourth-order valence-corrected chi connectivity index (χ4v) is 3.96. The van der Waals surface area contributed by atoms with Gasteiger partial charge in [0, 0.05) is 24.0 Å². The maximum Gasteiger partial charge on any atom is 0.141 e. The number of hydrogen-bond acceptors (Lipinski definition) is 5. The molecule has 2 aromatic heterocycles. The first kappa shape index (κ1) is 16.9. The SMILES string of the molecule is Cc1sc2ncnc(N(C)CCO)c2c1-c1ccc(C(C)C)cc1. The predicted molar refractivity (Wildman–Crippen MR) is 102 cm³/mol. The molecule has 0 saturated carbocycles. The van der Waals surface area contributed by atoms with E-state index in [0.29, 0.717) is 12.5 Å². The van der Waals surface area contributed by atoms with Gasteiger partial charge in [0.25, 0.3) is 0 Å². The minimum Gasteiger partial charge on any atom is -0.395 e. The van der Waals surface area contributed by atoms with Crippen LogP contribution in [0.4, 0.5) is 5.82 Å². The third kappa shape index (κ3) is 3.01. The lowest BCUT2D eigenvalue weighted by atomic mass is 9.98. The van der Waals surface area contributed by atoms with Crippen LogP contribution in [-0.4, -0.2) is 35.3 Å². The Kier molecular flexibility index (Phi) is 4.83. The molecule has 0 fully saturated rings. The summed E-state index contributed by atoms with van der Waals surface area (Å²) in [5, 5.41) is 10.3. The molecule has 0 radical (unpaired) electrons. The highest BCUT2D eigenvalue weighted by molar-refractivity contribution is 7.19. The summed E-state index contributed by atoms with van der Waals surface area (Å²) in [5.41, 5.74) is 3.73. The predicted octanol–water partition coefficient (Wildman–Crippen LogP) is 4.22. The molecular formula is C19H23N3OS. The molecule has 0 aliphatic heterocycles. The van der Waals surface area contributed by atoms with Gasteiger partial charge in [-0.05, 0) is 24.0 Å². The van der Waals surface area contributed by atoms with Gasteiger partial charge in [0.15, 0.2) is 0 Å². The number of rotatable bonds is 5. The molecular weight excluding hydrogens is 318 g/mol. The molecule has 3 aromatic rings. The molecule has 0 aliphatic carbocycles. The standard InChI is InChI=1S/C19H23N3OS/c1-12(2)14-5-7-15(8-6-14)16-13(3)24-19-17(16)18(20-11-21-19)22(4)9-10-23/h5-8,11-12,23H,9-10H2,1-4H3. The first-order valence-electron chi connectivity index (χ1n) is 8.19. The van der Waals surface area contributed by atoms with Crippen LogP contribution in [0.2, 0.25) is 0 Å². The van der Waals surface area contributed by atoms with Crippen LogP contribution in [0.25, 0.3) is 21.3 Å². The molecule has 0 unspecified atom stereocenters. The van der Waals surface area contributed by atoms with Crippen LogP contribution < -0.4 is 4.90 Å². The van der Waals surface area contributed by atoms with Crippen molar-refractivity contribution in [2.75, 3.05) is 25.1 Å². The van der Waals surface area contributed by atoms with Gasteiger partial charge in [-0.15, -0.1) is 11.3 Å². The monoisotopic (exact) mass is 341 g/mol. The van der Waals surface area contributed by atoms with E-state index in [0.717, 1.165) is 16.0 Å². The highest BCUT2D eigenvalue weighted by Gasteiger charge is 2.18. The van der Waals surface area contributed by atoms with E-state index >= 15 is 0 Å². The van der Waals surface area contributed by atoms with E-state index in [1.54, 1.807) is 17.7 Å². The molecule has 0 spiro atoms. The Morgan fingerprint density at radius 2 is 1.88 bits per heavy atom. The Morgan fingerprint density at radius 1 is 1.17 bits per heavy atom. The molecule has 5 heteroatoms. The van der Waals surface area contributed by atoms with Crippen LogP contribution in [0.3, 0.4) is 0 Å².